The highest BCUT2D eigenvalue weighted by Gasteiger charge is 2.12. The minimum Gasteiger partial charge on any atom is -0.482 e. The Kier molecular flexibility index (Phi) is 6.21. The standard InChI is InChI=1S/C18H17ClO5/c1-12(2)23-18(21)13-4-3-5-16(10-13)24-17(20)11-22-15-8-6-14(19)7-9-15/h3-10,12H,11H2,1-2H3. The van der Waals surface area contributed by atoms with Crippen molar-refractivity contribution < 1.29 is 23.8 Å². The zero-order chi connectivity index (χ0) is 17.5. The Hall–Kier alpha value is -2.53. The molecule has 126 valence electrons. The van der Waals surface area contributed by atoms with Crippen molar-refractivity contribution in [3.05, 3.63) is 59.1 Å². The van der Waals surface area contributed by atoms with Gasteiger partial charge in [-0.3, -0.25) is 0 Å². The largest absolute Gasteiger partial charge is 0.482 e. The van der Waals surface area contributed by atoms with Crippen LogP contribution in [-0.2, 0) is 9.53 Å². The van der Waals surface area contributed by atoms with Gasteiger partial charge in [-0.15, -0.1) is 0 Å². The van der Waals surface area contributed by atoms with Crippen LogP contribution in [0, 0.1) is 0 Å². The van der Waals surface area contributed by atoms with Gasteiger partial charge in [-0.1, -0.05) is 17.7 Å². The lowest BCUT2D eigenvalue weighted by molar-refractivity contribution is -0.136. The van der Waals surface area contributed by atoms with E-state index in [4.69, 9.17) is 25.8 Å². The first kappa shape index (κ1) is 17.8. The van der Waals surface area contributed by atoms with Crippen molar-refractivity contribution in [1.29, 1.82) is 0 Å². The van der Waals surface area contributed by atoms with Crippen LogP contribution in [0.1, 0.15) is 24.2 Å². The Balaban J connectivity index is 1.91. The zero-order valence-electron chi connectivity index (χ0n) is 13.3. The highest BCUT2D eigenvalue weighted by atomic mass is 35.5. The van der Waals surface area contributed by atoms with Gasteiger partial charge in [0, 0.05) is 5.02 Å². The van der Waals surface area contributed by atoms with Gasteiger partial charge in [-0.2, -0.15) is 0 Å². The summed E-state index contributed by atoms with van der Waals surface area (Å²) in [6.07, 6.45) is -0.225. The molecule has 5 nitrogen and oxygen atoms in total. The van der Waals surface area contributed by atoms with E-state index in [2.05, 4.69) is 0 Å². The van der Waals surface area contributed by atoms with Crippen molar-refractivity contribution in [2.75, 3.05) is 6.61 Å². The summed E-state index contributed by atoms with van der Waals surface area (Å²) in [7, 11) is 0. The van der Waals surface area contributed by atoms with Gasteiger partial charge in [-0.25, -0.2) is 9.59 Å². The number of esters is 2. The first-order valence-electron chi connectivity index (χ1n) is 7.34. The molecule has 0 unspecified atom stereocenters. The van der Waals surface area contributed by atoms with Crippen molar-refractivity contribution >= 4 is 23.5 Å². The maximum Gasteiger partial charge on any atom is 0.349 e. The van der Waals surface area contributed by atoms with Gasteiger partial charge in [0.15, 0.2) is 6.61 Å². The average molecular weight is 349 g/mol. The van der Waals surface area contributed by atoms with E-state index >= 15 is 0 Å². The van der Waals surface area contributed by atoms with Crippen molar-refractivity contribution in [2.24, 2.45) is 0 Å². The van der Waals surface area contributed by atoms with Gasteiger partial charge in [0.2, 0.25) is 0 Å². The van der Waals surface area contributed by atoms with Crippen LogP contribution in [0.15, 0.2) is 48.5 Å². The SMILES string of the molecule is CC(C)OC(=O)c1cccc(OC(=O)COc2ccc(Cl)cc2)c1. The second kappa shape index (κ2) is 8.36. The number of hydrogen-bond acceptors (Lipinski definition) is 5. The van der Waals surface area contributed by atoms with Crippen molar-refractivity contribution in [1.82, 2.24) is 0 Å². The third kappa shape index (κ3) is 5.59. The maximum absolute atomic E-state index is 11.8. The number of ether oxygens (including phenoxy) is 3. The van der Waals surface area contributed by atoms with E-state index < -0.39 is 11.9 Å². The molecule has 0 saturated carbocycles. The fourth-order valence-corrected chi connectivity index (χ4v) is 1.93. The maximum atomic E-state index is 11.8. The third-order valence-electron chi connectivity index (χ3n) is 2.81. The molecule has 0 aliphatic heterocycles. The van der Waals surface area contributed by atoms with Crippen LogP contribution in [0.4, 0.5) is 0 Å². The number of carbonyl (C=O) groups is 2. The number of benzene rings is 2. The summed E-state index contributed by atoms with van der Waals surface area (Å²) < 4.78 is 15.6. The number of halogens is 1. The van der Waals surface area contributed by atoms with Crippen LogP contribution in [0.5, 0.6) is 11.5 Å². The highest BCUT2D eigenvalue weighted by Crippen LogP contribution is 2.17. The summed E-state index contributed by atoms with van der Waals surface area (Å²) in [4.78, 5) is 23.7. The van der Waals surface area contributed by atoms with Crippen molar-refractivity contribution in [3.63, 3.8) is 0 Å². The Morgan fingerprint density at radius 2 is 1.75 bits per heavy atom. The van der Waals surface area contributed by atoms with Crippen LogP contribution in [-0.4, -0.2) is 24.6 Å². The Morgan fingerprint density at radius 1 is 1.04 bits per heavy atom. The van der Waals surface area contributed by atoms with E-state index in [-0.39, 0.29) is 18.5 Å². The summed E-state index contributed by atoms with van der Waals surface area (Å²) in [5, 5.41) is 0.579. The summed E-state index contributed by atoms with van der Waals surface area (Å²) >= 11 is 5.77. The van der Waals surface area contributed by atoms with Gasteiger partial charge in [0.1, 0.15) is 11.5 Å². The number of hydrogen-bond donors (Lipinski definition) is 0. The lowest BCUT2D eigenvalue weighted by Crippen LogP contribution is -2.18. The molecular formula is C18H17ClO5. The fraction of sp³-hybridized carbons (Fsp3) is 0.222. The second-order valence-electron chi connectivity index (χ2n) is 5.20. The van der Waals surface area contributed by atoms with Gasteiger partial charge >= 0.3 is 11.9 Å². The lowest BCUT2D eigenvalue weighted by atomic mass is 10.2. The molecule has 0 amide bonds. The molecule has 0 fully saturated rings. The molecule has 2 aromatic carbocycles. The minimum atomic E-state index is -0.584. The normalized spacial score (nSPS) is 10.3. The molecule has 0 radical (unpaired) electrons. The van der Waals surface area contributed by atoms with E-state index in [9.17, 15) is 9.59 Å². The summed E-state index contributed by atoms with van der Waals surface area (Å²) in [5.41, 5.74) is 0.313. The minimum absolute atomic E-state index is 0.225. The zero-order valence-corrected chi connectivity index (χ0v) is 14.1. The van der Waals surface area contributed by atoms with E-state index in [0.29, 0.717) is 16.3 Å². The third-order valence-corrected chi connectivity index (χ3v) is 3.07. The van der Waals surface area contributed by atoms with Crippen LogP contribution in [0.3, 0.4) is 0 Å². The van der Waals surface area contributed by atoms with Gasteiger partial charge in [0.05, 0.1) is 11.7 Å². The highest BCUT2D eigenvalue weighted by molar-refractivity contribution is 6.30. The lowest BCUT2D eigenvalue weighted by Gasteiger charge is -2.10. The summed E-state index contributed by atoms with van der Waals surface area (Å²) in [5.74, 6) is -0.303. The molecule has 0 saturated heterocycles. The van der Waals surface area contributed by atoms with E-state index in [1.807, 2.05) is 0 Å². The predicted molar refractivity (Wildman–Crippen MR) is 89.6 cm³/mol. The van der Waals surface area contributed by atoms with Crippen molar-refractivity contribution in [2.45, 2.75) is 20.0 Å². The molecule has 0 spiro atoms. The molecule has 0 atom stereocenters. The Bertz CT molecular complexity index is 710. The van der Waals surface area contributed by atoms with Gasteiger partial charge < -0.3 is 14.2 Å². The molecule has 2 aromatic rings. The molecule has 2 rings (SSSR count). The Morgan fingerprint density at radius 3 is 2.42 bits per heavy atom. The molecule has 0 heterocycles. The Labute approximate surface area is 145 Å². The molecule has 6 heteroatoms. The van der Waals surface area contributed by atoms with Gasteiger partial charge in [-0.05, 0) is 56.3 Å². The monoisotopic (exact) mass is 348 g/mol. The molecule has 0 aliphatic carbocycles. The topological polar surface area (TPSA) is 61.8 Å². The molecule has 0 N–H and O–H groups in total. The quantitative estimate of drug-likeness (QED) is 0.585. The predicted octanol–water partition coefficient (Wildman–Crippen LogP) is 3.89. The van der Waals surface area contributed by atoms with E-state index in [1.165, 1.54) is 6.07 Å². The van der Waals surface area contributed by atoms with E-state index in [0.717, 1.165) is 0 Å². The van der Waals surface area contributed by atoms with E-state index in [1.54, 1.807) is 56.3 Å². The first-order chi connectivity index (χ1) is 11.4. The average Bonchev–Trinajstić information content (AvgIpc) is 2.54. The summed E-state index contributed by atoms with van der Waals surface area (Å²) in [6, 6.07) is 12.8. The molecule has 0 aliphatic rings. The molecule has 24 heavy (non-hydrogen) atoms. The van der Waals surface area contributed by atoms with Crippen LogP contribution in [0.2, 0.25) is 5.02 Å². The van der Waals surface area contributed by atoms with Crippen LogP contribution < -0.4 is 9.47 Å². The first-order valence-corrected chi connectivity index (χ1v) is 7.72. The molecule has 0 aromatic heterocycles. The second-order valence-corrected chi connectivity index (χ2v) is 5.63. The van der Waals surface area contributed by atoms with Gasteiger partial charge in [0.25, 0.3) is 0 Å². The molecule has 0 bridgehead atoms. The van der Waals surface area contributed by atoms with Crippen molar-refractivity contribution in [3.8, 4) is 11.5 Å². The summed E-state index contributed by atoms with van der Waals surface area (Å²) in [6.45, 7) is 3.26. The smallest absolute Gasteiger partial charge is 0.349 e. The van der Waals surface area contributed by atoms with Crippen LogP contribution in [0.25, 0.3) is 0 Å². The number of rotatable bonds is 6. The van der Waals surface area contributed by atoms with Crippen LogP contribution >= 0.6 is 11.6 Å². The number of carbonyl (C=O) groups excluding carboxylic acids is 2. The molecular weight excluding hydrogens is 332 g/mol. The fourth-order valence-electron chi connectivity index (χ4n) is 1.80.